The molecule has 1 aromatic carbocycles. The third-order valence-corrected chi connectivity index (χ3v) is 4.81. The number of benzene rings is 1. The summed E-state index contributed by atoms with van der Waals surface area (Å²) in [6.07, 6.45) is 4.81. The van der Waals surface area contributed by atoms with Crippen molar-refractivity contribution in [2.75, 3.05) is 46.9 Å². The van der Waals surface area contributed by atoms with Crippen molar-refractivity contribution in [1.29, 1.82) is 0 Å². The molecule has 0 radical (unpaired) electrons. The number of nitrogens with zero attached hydrogens (tertiary/aromatic N) is 4. The Bertz CT molecular complexity index is 825. The van der Waals surface area contributed by atoms with Gasteiger partial charge in [0, 0.05) is 31.9 Å². The maximum Gasteiger partial charge on any atom is 0.191 e. The third-order valence-electron chi connectivity index (χ3n) is 4.81. The molecule has 0 bridgehead atoms. The van der Waals surface area contributed by atoms with Gasteiger partial charge in [0.15, 0.2) is 17.5 Å². The quantitative estimate of drug-likeness (QED) is 0.237. The lowest BCUT2D eigenvalue weighted by Crippen LogP contribution is -2.39. The smallest absolute Gasteiger partial charge is 0.191 e. The van der Waals surface area contributed by atoms with E-state index in [1.807, 2.05) is 44.0 Å². The fraction of sp³-hybridized carbons (Fsp3) is 0.565. The minimum atomic E-state index is 0. The summed E-state index contributed by atoms with van der Waals surface area (Å²) in [6.45, 7) is 9.49. The number of guanidine groups is 1. The maximum atomic E-state index is 5.73. The third kappa shape index (κ3) is 8.85. The Kier molecular flexibility index (Phi) is 13.1. The van der Waals surface area contributed by atoms with E-state index in [0.717, 1.165) is 42.5 Å². The van der Waals surface area contributed by atoms with Crippen LogP contribution in [0.1, 0.15) is 37.9 Å². The van der Waals surface area contributed by atoms with Crippen molar-refractivity contribution in [2.24, 2.45) is 12.0 Å². The number of aryl methyl sites for hydroxylation is 1. The molecule has 2 N–H and O–H groups in total. The van der Waals surface area contributed by atoms with Gasteiger partial charge in [0.05, 0.1) is 32.0 Å². The van der Waals surface area contributed by atoms with Gasteiger partial charge in [0.25, 0.3) is 0 Å². The van der Waals surface area contributed by atoms with E-state index in [2.05, 4.69) is 53.8 Å². The normalized spacial score (nSPS) is 12.3. The molecule has 0 amide bonds. The number of ether oxygens (including phenoxy) is 2. The number of likely N-dealkylation sites (N-methyl/N-ethyl adjacent to an activating group) is 1. The van der Waals surface area contributed by atoms with Crippen molar-refractivity contribution in [3.05, 3.63) is 41.7 Å². The van der Waals surface area contributed by atoms with Crippen LogP contribution >= 0.6 is 24.0 Å². The van der Waals surface area contributed by atoms with Crippen molar-refractivity contribution in [2.45, 2.75) is 33.2 Å². The van der Waals surface area contributed by atoms with Gasteiger partial charge >= 0.3 is 0 Å². The summed E-state index contributed by atoms with van der Waals surface area (Å²) in [7, 11) is 6.06. The Hall–Kier alpha value is -2.01. The second-order valence-electron chi connectivity index (χ2n) is 7.47. The zero-order valence-corrected chi connectivity index (χ0v) is 22.6. The zero-order valence-electron chi connectivity index (χ0n) is 20.2. The Morgan fingerprint density at radius 2 is 1.84 bits per heavy atom. The predicted molar refractivity (Wildman–Crippen MR) is 142 cm³/mol. The molecule has 2 aromatic rings. The number of hydrogen-bond donors (Lipinski definition) is 2. The van der Waals surface area contributed by atoms with Gasteiger partial charge in [-0.1, -0.05) is 6.07 Å². The highest BCUT2D eigenvalue weighted by atomic mass is 127. The van der Waals surface area contributed by atoms with Crippen LogP contribution in [-0.2, 0) is 13.5 Å². The van der Waals surface area contributed by atoms with Gasteiger partial charge in [-0.25, -0.2) is 0 Å². The number of hydrogen-bond acceptors (Lipinski definition) is 5. The first-order valence-electron chi connectivity index (χ1n) is 11.0. The zero-order chi connectivity index (χ0) is 22.6. The lowest BCUT2D eigenvalue weighted by Gasteiger charge is -2.22. The van der Waals surface area contributed by atoms with Crippen molar-refractivity contribution < 1.29 is 9.47 Å². The molecule has 0 saturated heterocycles. The molecule has 0 aliphatic carbocycles. The van der Waals surface area contributed by atoms with Crippen LogP contribution in [0.3, 0.4) is 0 Å². The highest BCUT2D eigenvalue weighted by Gasteiger charge is 2.15. The molecule has 0 aliphatic heterocycles. The van der Waals surface area contributed by atoms with Crippen LogP contribution in [0.15, 0.2) is 35.6 Å². The highest BCUT2D eigenvalue weighted by molar-refractivity contribution is 14.0. The van der Waals surface area contributed by atoms with Crippen molar-refractivity contribution in [3.63, 3.8) is 0 Å². The van der Waals surface area contributed by atoms with Crippen LogP contribution in [0.2, 0.25) is 0 Å². The summed E-state index contributed by atoms with van der Waals surface area (Å²) < 4.78 is 13.2. The molecule has 8 nitrogen and oxygen atoms in total. The van der Waals surface area contributed by atoms with Gasteiger partial charge in [-0.15, -0.1) is 24.0 Å². The van der Waals surface area contributed by atoms with E-state index < -0.39 is 0 Å². The van der Waals surface area contributed by atoms with Gasteiger partial charge in [0.1, 0.15) is 0 Å². The second-order valence-corrected chi connectivity index (χ2v) is 7.47. The second kappa shape index (κ2) is 14.9. The molecule has 0 aliphatic rings. The molecule has 0 spiro atoms. The summed E-state index contributed by atoms with van der Waals surface area (Å²) in [5, 5.41) is 11.1. The SMILES string of the molecule is CCNC(=NCC(c1cnn(C)c1)N(C)C)NCCc1ccc(OCC)c(OCC)c1.I. The molecule has 1 aromatic heterocycles. The monoisotopic (exact) mass is 558 g/mol. The van der Waals surface area contributed by atoms with E-state index in [4.69, 9.17) is 14.5 Å². The predicted octanol–water partition coefficient (Wildman–Crippen LogP) is 3.24. The van der Waals surface area contributed by atoms with Gasteiger partial charge < -0.3 is 25.0 Å². The molecule has 9 heteroatoms. The van der Waals surface area contributed by atoms with E-state index in [9.17, 15) is 0 Å². The van der Waals surface area contributed by atoms with E-state index in [1.54, 1.807) is 0 Å². The fourth-order valence-corrected chi connectivity index (χ4v) is 3.27. The summed E-state index contributed by atoms with van der Waals surface area (Å²) >= 11 is 0. The summed E-state index contributed by atoms with van der Waals surface area (Å²) in [4.78, 5) is 6.97. The van der Waals surface area contributed by atoms with Crippen molar-refractivity contribution in [1.82, 2.24) is 25.3 Å². The highest BCUT2D eigenvalue weighted by Crippen LogP contribution is 2.28. The average molecular weight is 559 g/mol. The van der Waals surface area contributed by atoms with E-state index >= 15 is 0 Å². The first-order valence-corrected chi connectivity index (χ1v) is 11.0. The molecule has 0 fully saturated rings. The van der Waals surface area contributed by atoms with Crippen LogP contribution in [0, 0.1) is 0 Å². The van der Waals surface area contributed by atoms with Crippen LogP contribution < -0.4 is 20.1 Å². The Labute approximate surface area is 209 Å². The van der Waals surface area contributed by atoms with Gasteiger partial charge in [-0.2, -0.15) is 5.10 Å². The molecular formula is C23H39IN6O2. The summed E-state index contributed by atoms with van der Waals surface area (Å²) in [5.74, 6) is 2.41. The van der Waals surface area contributed by atoms with Crippen LogP contribution in [0.4, 0.5) is 0 Å². The largest absolute Gasteiger partial charge is 0.490 e. The fourth-order valence-electron chi connectivity index (χ4n) is 3.27. The standard InChI is InChI=1S/C23H38N6O2.HI/c1-7-24-23(26-16-20(28(4)5)19-15-27-29(6)17-19)25-13-12-18-10-11-21(30-8-2)22(14-18)31-9-3;/h10-11,14-15,17,20H,7-9,12-13,16H2,1-6H3,(H2,24,25,26);1H. The molecule has 1 atom stereocenters. The maximum absolute atomic E-state index is 5.73. The van der Waals surface area contributed by atoms with Gasteiger partial charge in [-0.05, 0) is 59.0 Å². The van der Waals surface area contributed by atoms with Crippen LogP contribution in [0.25, 0.3) is 0 Å². The first kappa shape index (κ1) is 28.0. The average Bonchev–Trinajstić information content (AvgIpc) is 3.16. The molecule has 180 valence electrons. The summed E-state index contributed by atoms with van der Waals surface area (Å²) in [6, 6.07) is 6.30. The number of rotatable bonds is 12. The molecular weight excluding hydrogens is 519 g/mol. The molecule has 2 rings (SSSR count). The lowest BCUT2D eigenvalue weighted by molar-refractivity contribution is 0.287. The van der Waals surface area contributed by atoms with Crippen molar-refractivity contribution >= 4 is 29.9 Å². The van der Waals surface area contributed by atoms with E-state index in [-0.39, 0.29) is 30.0 Å². The molecule has 1 unspecified atom stereocenters. The summed E-state index contributed by atoms with van der Waals surface area (Å²) in [5.41, 5.74) is 2.35. The number of aromatic nitrogens is 2. The minimum absolute atomic E-state index is 0. The Morgan fingerprint density at radius 1 is 1.12 bits per heavy atom. The molecule has 0 saturated carbocycles. The van der Waals surface area contributed by atoms with E-state index in [1.165, 1.54) is 5.56 Å². The lowest BCUT2D eigenvalue weighted by atomic mass is 10.1. The Balaban J connectivity index is 0.00000512. The van der Waals surface area contributed by atoms with Crippen molar-refractivity contribution in [3.8, 4) is 11.5 Å². The number of halogens is 1. The van der Waals surface area contributed by atoms with E-state index in [0.29, 0.717) is 19.8 Å². The Morgan fingerprint density at radius 3 is 2.44 bits per heavy atom. The first-order chi connectivity index (χ1) is 15.0. The van der Waals surface area contributed by atoms with Crippen LogP contribution in [0.5, 0.6) is 11.5 Å². The van der Waals surface area contributed by atoms with Gasteiger partial charge in [0.2, 0.25) is 0 Å². The topological polar surface area (TPSA) is 75.9 Å². The molecule has 32 heavy (non-hydrogen) atoms. The van der Waals surface area contributed by atoms with Gasteiger partial charge in [-0.3, -0.25) is 9.67 Å². The van der Waals surface area contributed by atoms with Crippen LogP contribution in [-0.4, -0.2) is 67.6 Å². The number of aliphatic imine (C=N–C) groups is 1. The molecule has 1 heterocycles. The number of nitrogens with one attached hydrogen (secondary N) is 2. The minimum Gasteiger partial charge on any atom is -0.490 e.